The second kappa shape index (κ2) is 9.58. The van der Waals surface area contributed by atoms with E-state index in [0.29, 0.717) is 23.8 Å². The Labute approximate surface area is 193 Å². The Morgan fingerprint density at radius 1 is 1.16 bits per heavy atom. The Kier molecular flexibility index (Phi) is 7.03. The minimum atomic E-state index is -3.60. The molecule has 2 fully saturated rings. The Balaban J connectivity index is 1.51. The highest BCUT2D eigenvalue weighted by molar-refractivity contribution is 7.89. The van der Waals surface area contributed by atoms with Crippen molar-refractivity contribution in [1.29, 1.82) is 0 Å². The van der Waals surface area contributed by atoms with Crippen molar-refractivity contribution in [3.8, 4) is 0 Å². The van der Waals surface area contributed by atoms with E-state index in [-0.39, 0.29) is 22.9 Å². The van der Waals surface area contributed by atoms with Crippen LogP contribution in [0.15, 0.2) is 40.6 Å². The van der Waals surface area contributed by atoms with Gasteiger partial charge in [-0.1, -0.05) is 24.1 Å². The van der Waals surface area contributed by atoms with Crippen LogP contribution in [0.25, 0.3) is 0 Å². The van der Waals surface area contributed by atoms with Crippen molar-refractivity contribution in [2.24, 2.45) is 0 Å². The van der Waals surface area contributed by atoms with Gasteiger partial charge < -0.3 is 5.32 Å². The van der Waals surface area contributed by atoms with Crippen molar-refractivity contribution in [2.75, 3.05) is 25.0 Å². The highest BCUT2D eigenvalue weighted by Gasteiger charge is 2.34. The Hall–Kier alpha value is -1.45. The lowest BCUT2D eigenvalue weighted by atomic mass is 10.1. The van der Waals surface area contributed by atoms with Crippen LogP contribution in [-0.2, 0) is 14.8 Å². The van der Waals surface area contributed by atoms with E-state index in [4.69, 9.17) is 11.6 Å². The number of benzene rings is 1. The van der Waals surface area contributed by atoms with E-state index in [1.165, 1.54) is 21.3 Å². The fourth-order valence-electron chi connectivity index (χ4n) is 4.44. The molecule has 2 aliphatic rings. The SMILES string of the molecule is C[C@@H](C(=O)Nc1cc(S(=O)(=O)N2CCCCC2)ccc1Cl)N1CCC[C@@H]1c1cccs1. The van der Waals surface area contributed by atoms with Gasteiger partial charge in [-0.15, -0.1) is 11.3 Å². The summed E-state index contributed by atoms with van der Waals surface area (Å²) in [5.41, 5.74) is 0.337. The van der Waals surface area contributed by atoms with Gasteiger partial charge in [0.05, 0.1) is 21.6 Å². The summed E-state index contributed by atoms with van der Waals surface area (Å²) < 4.78 is 27.6. The standard InChI is InChI=1S/C22H28ClN3O3S2/c1-16(26-13-5-7-20(26)21-8-6-14-30-21)22(27)24-19-15-17(9-10-18(19)23)31(28,29)25-11-3-2-4-12-25/h6,8-10,14-16,20H,2-5,7,11-13H2,1H3,(H,24,27)/t16-,20+/m0/s1. The van der Waals surface area contributed by atoms with Gasteiger partial charge in [0.2, 0.25) is 15.9 Å². The molecule has 1 N–H and O–H groups in total. The van der Waals surface area contributed by atoms with Gasteiger partial charge in [-0.2, -0.15) is 4.31 Å². The third-order valence-electron chi connectivity index (χ3n) is 6.19. The number of rotatable bonds is 6. The Morgan fingerprint density at radius 3 is 2.65 bits per heavy atom. The number of amides is 1. The molecule has 0 unspecified atom stereocenters. The first-order valence-electron chi connectivity index (χ1n) is 10.8. The molecule has 0 aliphatic carbocycles. The number of anilines is 1. The average Bonchev–Trinajstić information content (AvgIpc) is 3.47. The van der Waals surface area contributed by atoms with Gasteiger partial charge in [0.1, 0.15) is 0 Å². The minimum Gasteiger partial charge on any atom is -0.323 e. The fraction of sp³-hybridized carbons (Fsp3) is 0.500. The number of piperidine rings is 1. The fourth-order valence-corrected chi connectivity index (χ4v) is 7.03. The van der Waals surface area contributed by atoms with Crippen molar-refractivity contribution in [1.82, 2.24) is 9.21 Å². The summed E-state index contributed by atoms with van der Waals surface area (Å²) in [6, 6.07) is 8.58. The lowest BCUT2D eigenvalue weighted by Gasteiger charge is -2.29. The van der Waals surface area contributed by atoms with Crippen molar-refractivity contribution in [3.05, 3.63) is 45.6 Å². The number of hydrogen-bond acceptors (Lipinski definition) is 5. The lowest BCUT2D eigenvalue weighted by molar-refractivity contribution is -0.121. The van der Waals surface area contributed by atoms with Gasteiger partial charge in [0.15, 0.2) is 0 Å². The molecule has 2 saturated heterocycles. The maximum absolute atomic E-state index is 13.1. The molecule has 2 aromatic rings. The molecule has 1 aromatic carbocycles. The largest absolute Gasteiger partial charge is 0.323 e. The van der Waals surface area contributed by atoms with E-state index in [1.54, 1.807) is 17.4 Å². The molecule has 0 saturated carbocycles. The predicted molar refractivity (Wildman–Crippen MR) is 125 cm³/mol. The Bertz CT molecular complexity index is 1020. The first-order valence-corrected chi connectivity index (χ1v) is 13.5. The summed E-state index contributed by atoms with van der Waals surface area (Å²) in [6.07, 6.45) is 4.87. The molecular weight excluding hydrogens is 454 g/mol. The molecule has 3 heterocycles. The third-order valence-corrected chi connectivity index (χ3v) is 9.39. The van der Waals surface area contributed by atoms with Gasteiger partial charge in [-0.05, 0) is 68.8 Å². The highest BCUT2D eigenvalue weighted by Crippen LogP contribution is 2.36. The molecule has 1 amide bonds. The molecular formula is C22H28ClN3O3S2. The smallest absolute Gasteiger partial charge is 0.243 e. The van der Waals surface area contributed by atoms with Crippen LogP contribution < -0.4 is 5.32 Å². The van der Waals surface area contributed by atoms with E-state index in [2.05, 4.69) is 21.7 Å². The summed E-state index contributed by atoms with van der Waals surface area (Å²) in [5.74, 6) is -0.183. The average molecular weight is 482 g/mol. The number of nitrogens with one attached hydrogen (secondary N) is 1. The highest BCUT2D eigenvalue weighted by atomic mass is 35.5. The molecule has 9 heteroatoms. The van der Waals surface area contributed by atoms with Crippen LogP contribution in [0.2, 0.25) is 5.02 Å². The number of carbonyl (C=O) groups is 1. The van der Waals surface area contributed by atoms with E-state index in [0.717, 1.165) is 38.6 Å². The number of carbonyl (C=O) groups excluding carboxylic acids is 1. The molecule has 0 bridgehead atoms. The maximum Gasteiger partial charge on any atom is 0.243 e. The van der Waals surface area contributed by atoms with Crippen LogP contribution in [0.4, 0.5) is 5.69 Å². The molecule has 1 aromatic heterocycles. The predicted octanol–water partition coefficient (Wildman–Crippen LogP) is 4.74. The normalized spacial score (nSPS) is 21.8. The molecule has 0 radical (unpaired) electrons. The van der Waals surface area contributed by atoms with Crippen molar-refractivity contribution in [3.63, 3.8) is 0 Å². The number of likely N-dealkylation sites (tertiary alicyclic amines) is 1. The van der Waals surface area contributed by atoms with Gasteiger partial charge in [-0.3, -0.25) is 9.69 Å². The zero-order valence-corrected chi connectivity index (χ0v) is 20.0. The summed E-state index contributed by atoms with van der Waals surface area (Å²) >= 11 is 8.03. The van der Waals surface area contributed by atoms with Gasteiger partial charge in [0.25, 0.3) is 0 Å². The van der Waals surface area contributed by atoms with Crippen molar-refractivity contribution in [2.45, 2.75) is 56.0 Å². The number of hydrogen-bond donors (Lipinski definition) is 1. The second-order valence-corrected chi connectivity index (χ2v) is 11.5. The van der Waals surface area contributed by atoms with E-state index >= 15 is 0 Å². The van der Waals surface area contributed by atoms with Gasteiger partial charge in [0, 0.05) is 24.0 Å². The topological polar surface area (TPSA) is 69.7 Å². The zero-order chi connectivity index (χ0) is 22.0. The molecule has 6 nitrogen and oxygen atoms in total. The molecule has 4 rings (SSSR count). The minimum absolute atomic E-state index is 0.166. The van der Waals surface area contributed by atoms with Crippen LogP contribution >= 0.6 is 22.9 Å². The summed E-state index contributed by atoms with van der Waals surface area (Å²) in [7, 11) is -3.60. The maximum atomic E-state index is 13.1. The van der Waals surface area contributed by atoms with Crippen LogP contribution in [0, 0.1) is 0 Å². The molecule has 31 heavy (non-hydrogen) atoms. The zero-order valence-electron chi connectivity index (χ0n) is 17.6. The van der Waals surface area contributed by atoms with Crippen molar-refractivity contribution < 1.29 is 13.2 Å². The van der Waals surface area contributed by atoms with Crippen LogP contribution in [-0.4, -0.2) is 49.2 Å². The van der Waals surface area contributed by atoms with Crippen LogP contribution in [0.1, 0.15) is 49.9 Å². The number of nitrogens with zero attached hydrogens (tertiary/aromatic N) is 2. The number of thiophene rings is 1. The number of halogens is 1. The summed E-state index contributed by atoms with van der Waals surface area (Å²) in [4.78, 5) is 16.7. The first kappa shape index (κ1) is 22.7. The van der Waals surface area contributed by atoms with Crippen LogP contribution in [0.5, 0.6) is 0 Å². The second-order valence-electron chi connectivity index (χ2n) is 8.18. The molecule has 0 spiro atoms. The Morgan fingerprint density at radius 2 is 1.94 bits per heavy atom. The van der Waals surface area contributed by atoms with Crippen LogP contribution in [0.3, 0.4) is 0 Å². The van der Waals surface area contributed by atoms with E-state index in [9.17, 15) is 13.2 Å². The summed E-state index contributed by atoms with van der Waals surface area (Å²) in [6.45, 7) is 3.81. The van der Waals surface area contributed by atoms with Gasteiger partial charge >= 0.3 is 0 Å². The molecule has 2 atom stereocenters. The monoisotopic (exact) mass is 481 g/mol. The molecule has 2 aliphatic heterocycles. The number of sulfonamides is 1. The van der Waals surface area contributed by atoms with E-state index < -0.39 is 10.0 Å². The van der Waals surface area contributed by atoms with Crippen molar-refractivity contribution >= 4 is 44.6 Å². The first-order chi connectivity index (χ1) is 14.9. The summed E-state index contributed by atoms with van der Waals surface area (Å²) in [5, 5.41) is 5.26. The van der Waals surface area contributed by atoms with Gasteiger partial charge in [-0.25, -0.2) is 8.42 Å². The quantitative estimate of drug-likeness (QED) is 0.646. The van der Waals surface area contributed by atoms with E-state index in [1.807, 2.05) is 13.0 Å². The third kappa shape index (κ3) is 4.83. The molecule has 168 valence electrons. The lowest BCUT2D eigenvalue weighted by Crippen LogP contribution is -2.41.